The standard InChI is InChI=1S/C41H23Cl2N5/c42-27-17-13-24(14-18-27)39-44-40(25-15-19-28(43)20-16-25)46-41(45-39)48-35-12-6-4-10-32(35)33-21-26-22-37-31-9-2-1-7-29(31)30-8-3-5-11-34(30)47(37)36(26)23-38(33)48/h1-23H. The van der Waals surface area contributed by atoms with Gasteiger partial charge in [-0.3, -0.25) is 4.57 Å². The summed E-state index contributed by atoms with van der Waals surface area (Å²) in [5, 5.41) is 8.42. The van der Waals surface area contributed by atoms with Crippen molar-refractivity contribution in [2.75, 3.05) is 0 Å². The van der Waals surface area contributed by atoms with Gasteiger partial charge in [-0.1, -0.05) is 83.9 Å². The van der Waals surface area contributed by atoms with E-state index in [0.29, 0.717) is 27.6 Å². The summed E-state index contributed by atoms with van der Waals surface area (Å²) in [7, 11) is 0. The summed E-state index contributed by atoms with van der Waals surface area (Å²) >= 11 is 12.5. The van der Waals surface area contributed by atoms with E-state index in [1.54, 1.807) is 0 Å². The zero-order valence-electron chi connectivity index (χ0n) is 25.3. The summed E-state index contributed by atoms with van der Waals surface area (Å²) in [6, 6.07) is 47.8. The minimum Gasteiger partial charge on any atom is -0.309 e. The monoisotopic (exact) mass is 655 g/mol. The first-order valence-electron chi connectivity index (χ1n) is 15.7. The second-order valence-corrected chi connectivity index (χ2v) is 12.9. The van der Waals surface area contributed by atoms with Crippen LogP contribution in [0.5, 0.6) is 0 Å². The molecule has 0 fully saturated rings. The van der Waals surface area contributed by atoms with Crippen molar-refractivity contribution in [3.8, 4) is 28.7 Å². The van der Waals surface area contributed by atoms with E-state index in [2.05, 4.69) is 100.0 Å². The molecule has 0 saturated carbocycles. The fourth-order valence-corrected chi connectivity index (χ4v) is 7.36. The Bertz CT molecular complexity index is 2840. The molecule has 0 aliphatic rings. The smallest absolute Gasteiger partial charge is 0.238 e. The van der Waals surface area contributed by atoms with E-state index in [0.717, 1.165) is 38.4 Å². The Hall–Kier alpha value is -5.75. The molecular weight excluding hydrogens is 633 g/mol. The maximum atomic E-state index is 6.26. The van der Waals surface area contributed by atoms with E-state index in [9.17, 15) is 0 Å². The quantitative estimate of drug-likeness (QED) is 0.178. The average molecular weight is 657 g/mol. The molecule has 0 atom stereocenters. The van der Waals surface area contributed by atoms with Gasteiger partial charge in [-0.25, -0.2) is 4.98 Å². The number of fused-ring (bicyclic) bond motifs is 11. The van der Waals surface area contributed by atoms with E-state index in [-0.39, 0.29) is 0 Å². The van der Waals surface area contributed by atoms with Gasteiger partial charge in [0.15, 0.2) is 11.6 Å². The van der Waals surface area contributed by atoms with Crippen LogP contribution in [0.25, 0.3) is 88.6 Å². The van der Waals surface area contributed by atoms with Gasteiger partial charge in [0.25, 0.3) is 0 Å². The maximum absolute atomic E-state index is 6.26. The highest BCUT2D eigenvalue weighted by Gasteiger charge is 2.20. The molecule has 5 nitrogen and oxygen atoms in total. The summed E-state index contributed by atoms with van der Waals surface area (Å²) in [4.78, 5) is 15.1. The predicted octanol–water partition coefficient (Wildman–Crippen LogP) is 11.3. The molecule has 6 aromatic carbocycles. The summed E-state index contributed by atoms with van der Waals surface area (Å²) < 4.78 is 4.55. The number of hydrogen-bond donors (Lipinski definition) is 0. The maximum Gasteiger partial charge on any atom is 0.238 e. The summed E-state index contributed by atoms with van der Waals surface area (Å²) in [5.41, 5.74) is 7.18. The van der Waals surface area contributed by atoms with Crippen LogP contribution >= 0.6 is 23.2 Å². The molecule has 10 rings (SSSR count). The third kappa shape index (κ3) is 4.08. The van der Waals surface area contributed by atoms with Gasteiger partial charge in [0.2, 0.25) is 5.95 Å². The lowest BCUT2D eigenvalue weighted by molar-refractivity contribution is 0.953. The lowest BCUT2D eigenvalue weighted by Crippen LogP contribution is -2.06. The fraction of sp³-hybridized carbons (Fsp3) is 0. The Balaban J connectivity index is 1.33. The molecule has 0 radical (unpaired) electrons. The van der Waals surface area contributed by atoms with E-state index in [1.165, 1.54) is 32.6 Å². The molecule has 226 valence electrons. The van der Waals surface area contributed by atoms with Crippen molar-refractivity contribution >= 4 is 83.1 Å². The summed E-state index contributed by atoms with van der Waals surface area (Å²) in [5.74, 6) is 1.64. The number of para-hydroxylation sites is 2. The topological polar surface area (TPSA) is 48.0 Å². The molecule has 0 saturated heterocycles. The van der Waals surface area contributed by atoms with Gasteiger partial charge in [0, 0.05) is 48.1 Å². The van der Waals surface area contributed by atoms with E-state index in [4.69, 9.17) is 38.2 Å². The Labute approximate surface area is 284 Å². The predicted molar refractivity (Wildman–Crippen MR) is 199 cm³/mol. The molecule has 0 amide bonds. The van der Waals surface area contributed by atoms with Gasteiger partial charge in [0.05, 0.1) is 27.6 Å². The highest BCUT2D eigenvalue weighted by Crippen LogP contribution is 2.39. The molecule has 4 aromatic heterocycles. The highest BCUT2D eigenvalue weighted by atomic mass is 35.5. The summed E-state index contributed by atoms with van der Waals surface area (Å²) in [6.07, 6.45) is 0. The lowest BCUT2D eigenvalue weighted by Gasteiger charge is -2.12. The molecule has 0 unspecified atom stereocenters. The largest absolute Gasteiger partial charge is 0.309 e. The lowest BCUT2D eigenvalue weighted by atomic mass is 10.1. The SMILES string of the molecule is Clc1ccc(-c2nc(-c3ccc(Cl)cc3)nc(-n3c4ccccc4c4cc5cc6c7ccccc7c7ccccc7n6c5cc43)n2)cc1. The van der Waals surface area contributed by atoms with Crippen molar-refractivity contribution in [1.82, 2.24) is 23.9 Å². The minimum atomic E-state index is 0.529. The minimum absolute atomic E-state index is 0.529. The van der Waals surface area contributed by atoms with E-state index in [1.807, 2.05) is 48.5 Å². The van der Waals surface area contributed by atoms with Crippen LogP contribution in [-0.4, -0.2) is 23.9 Å². The Kier molecular flexibility index (Phi) is 5.92. The fourth-order valence-electron chi connectivity index (χ4n) is 7.10. The third-order valence-electron chi connectivity index (χ3n) is 9.26. The van der Waals surface area contributed by atoms with Crippen molar-refractivity contribution in [2.45, 2.75) is 0 Å². The zero-order chi connectivity index (χ0) is 31.9. The van der Waals surface area contributed by atoms with Crippen molar-refractivity contribution in [3.63, 3.8) is 0 Å². The summed E-state index contributed by atoms with van der Waals surface area (Å²) in [6.45, 7) is 0. The molecule has 0 aliphatic heterocycles. The van der Waals surface area contributed by atoms with E-state index >= 15 is 0 Å². The van der Waals surface area contributed by atoms with Crippen LogP contribution in [0, 0.1) is 0 Å². The van der Waals surface area contributed by atoms with Gasteiger partial charge in [-0.15, -0.1) is 0 Å². The number of halogens is 2. The number of benzene rings is 6. The van der Waals surface area contributed by atoms with Crippen LogP contribution in [0.4, 0.5) is 0 Å². The van der Waals surface area contributed by atoms with Gasteiger partial charge in [-0.05, 0) is 84.2 Å². The second-order valence-electron chi connectivity index (χ2n) is 12.0. The van der Waals surface area contributed by atoms with Crippen LogP contribution in [0.15, 0.2) is 140 Å². The average Bonchev–Trinajstić information content (AvgIpc) is 3.67. The van der Waals surface area contributed by atoms with Crippen LogP contribution in [0.1, 0.15) is 0 Å². The number of aromatic nitrogens is 5. The van der Waals surface area contributed by atoms with Gasteiger partial charge in [0.1, 0.15) is 0 Å². The number of pyridine rings is 1. The van der Waals surface area contributed by atoms with Crippen LogP contribution in [-0.2, 0) is 0 Å². The Morgan fingerprint density at radius 3 is 1.54 bits per heavy atom. The van der Waals surface area contributed by atoms with Crippen LogP contribution < -0.4 is 0 Å². The van der Waals surface area contributed by atoms with Crippen LogP contribution in [0.2, 0.25) is 10.0 Å². The first kappa shape index (κ1) is 27.4. The van der Waals surface area contributed by atoms with Crippen molar-refractivity contribution in [2.24, 2.45) is 0 Å². The Morgan fingerprint density at radius 2 is 0.917 bits per heavy atom. The van der Waals surface area contributed by atoms with Crippen LogP contribution in [0.3, 0.4) is 0 Å². The molecule has 0 spiro atoms. The molecule has 0 N–H and O–H groups in total. The first-order chi connectivity index (χ1) is 23.6. The van der Waals surface area contributed by atoms with Crippen molar-refractivity contribution < 1.29 is 0 Å². The van der Waals surface area contributed by atoms with Crippen molar-refractivity contribution in [3.05, 3.63) is 150 Å². The number of rotatable bonds is 3. The molecule has 48 heavy (non-hydrogen) atoms. The van der Waals surface area contributed by atoms with Gasteiger partial charge in [-0.2, -0.15) is 9.97 Å². The number of hydrogen-bond acceptors (Lipinski definition) is 3. The molecule has 7 heteroatoms. The molecule has 10 aromatic rings. The molecule has 0 bridgehead atoms. The molecular formula is C41H23Cl2N5. The van der Waals surface area contributed by atoms with Gasteiger partial charge < -0.3 is 4.40 Å². The van der Waals surface area contributed by atoms with E-state index < -0.39 is 0 Å². The first-order valence-corrected chi connectivity index (χ1v) is 16.4. The normalized spacial score (nSPS) is 12.0. The molecule has 4 heterocycles. The Morgan fingerprint density at radius 1 is 0.396 bits per heavy atom. The highest BCUT2D eigenvalue weighted by molar-refractivity contribution is 6.31. The third-order valence-corrected chi connectivity index (χ3v) is 9.77. The van der Waals surface area contributed by atoms with Gasteiger partial charge >= 0.3 is 0 Å². The molecule has 0 aliphatic carbocycles. The second kappa shape index (κ2) is 10.4. The van der Waals surface area contributed by atoms with Crippen molar-refractivity contribution in [1.29, 1.82) is 0 Å². The zero-order valence-corrected chi connectivity index (χ0v) is 26.8. The number of nitrogens with zero attached hydrogens (tertiary/aromatic N) is 5.